The van der Waals surface area contributed by atoms with Gasteiger partial charge in [0, 0.05) is 6.54 Å². The topological polar surface area (TPSA) is 75.7 Å². The Hall–Kier alpha value is -2.61. The highest BCUT2D eigenvalue weighted by Crippen LogP contribution is 2.23. The van der Waals surface area contributed by atoms with Gasteiger partial charge in [0.25, 0.3) is 0 Å². The van der Waals surface area contributed by atoms with Crippen LogP contribution < -0.4 is 14.4 Å². The molecule has 0 aliphatic carbocycles. The number of hydrogen-bond acceptors (Lipinski definition) is 4. The third-order valence-electron chi connectivity index (χ3n) is 4.61. The van der Waals surface area contributed by atoms with Gasteiger partial charge in [0.15, 0.2) is 0 Å². The zero-order chi connectivity index (χ0) is 22.1. The molecule has 1 amide bonds. The van der Waals surface area contributed by atoms with E-state index in [-0.39, 0.29) is 18.0 Å². The normalized spacial score (nSPS) is 12.3. The molecule has 0 aliphatic rings. The Labute approximate surface area is 178 Å². The quantitative estimate of drug-likeness (QED) is 0.547. The zero-order valence-corrected chi connectivity index (χ0v) is 18.4. The Balaban J connectivity index is 2.03. The molecule has 0 unspecified atom stereocenters. The molecule has 1 atom stereocenters. The molecule has 2 aromatic rings. The molecule has 0 spiro atoms. The lowest BCUT2D eigenvalue weighted by atomic mass is 10.1. The van der Waals surface area contributed by atoms with E-state index in [9.17, 15) is 17.6 Å². The third-order valence-corrected chi connectivity index (χ3v) is 5.79. The van der Waals surface area contributed by atoms with Gasteiger partial charge in [-0.15, -0.1) is 0 Å². The van der Waals surface area contributed by atoms with Crippen LogP contribution in [0.1, 0.15) is 32.3 Å². The fourth-order valence-electron chi connectivity index (χ4n) is 3.26. The highest BCUT2D eigenvalue weighted by Gasteiger charge is 2.31. The second-order valence-corrected chi connectivity index (χ2v) is 8.75. The van der Waals surface area contributed by atoms with E-state index in [4.69, 9.17) is 4.74 Å². The predicted octanol–water partition coefficient (Wildman–Crippen LogP) is 3.52. The third kappa shape index (κ3) is 6.45. The molecule has 0 radical (unpaired) electrons. The number of para-hydroxylation sites is 1. The van der Waals surface area contributed by atoms with Gasteiger partial charge < -0.3 is 10.1 Å². The molecule has 0 heterocycles. The van der Waals surface area contributed by atoms with Crippen LogP contribution >= 0.6 is 0 Å². The summed E-state index contributed by atoms with van der Waals surface area (Å²) in [6.45, 7) is 4.65. The van der Waals surface area contributed by atoms with Crippen molar-refractivity contribution in [3.05, 3.63) is 59.9 Å². The molecular formula is C22H29FN2O4S. The molecule has 8 heteroatoms. The van der Waals surface area contributed by atoms with Crippen molar-refractivity contribution in [1.29, 1.82) is 0 Å². The molecule has 0 bridgehead atoms. The highest BCUT2D eigenvalue weighted by atomic mass is 32.2. The summed E-state index contributed by atoms with van der Waals surface area (Å²) in [6.07, 6.45) is 2.73. The number of nitrogens with zero attached hydrogens (tertiary/aromatic N) is 1. The Kier molecular flexibility index (Phi) is 8.65. The summed E-state index contributed by atoms with van der Waals surface area (Å²) in [7, 11) is -3.74. The molecule has 0 saturated carbocycles. The lowest BCUT2D eigenvalue weighted by Crippen LogP contribution is -2.49. The number of sulfonamides is 1. The van der Waals surface area contributed by atoms with Crippen LogP contribution in [0.25, 0.3) is 0 Å². The average Bonchev–Trinajstić information content (AvgIpc) is 2.70. The lowest BCUT2D eigenvalue weighted by molar-refractivity contribution is -0.122. The average molecular weight is 437 g/mol. The van der Waals surface area contributed by atoms with Crippen molar-refractivity contribution in [1.82, 2.24) is 5.32 Å². The summed E-state index contributed by atoms with van der Waals surface area (Å²) < 4.78 is 44.7. The van der Waals surface area contributed by atoms with Crippen LogP contribution in [0.3, 0.4) is 0 Å². The first kappa shape index (κ1) is 23.7. The molecule has 164 valence electrons. The minimum atomic E-state index is -3.74. The van der Waals surface area contributed by atoms with Crippen molar-refractivity contribution in [3.63, 3.8) is 0 Å². The van der Waals surface area contributed by atoms with Crippen LogP contribution in [0, 0.1) is 5.82 Å². The summed E-state index contributed by atoms with van der Waals surface area (Å²) >= 11 is 0. The van der Waals surface area contributed by atoms with E-state index in [0.29, 0.717) is 19.6 Å². The van der Waals surface area contributed by atoms with E-state index in [0.717, 1.165) is 28.3 Å². The van der Waals surface area contributed by atoms with E-state index in [2.05, 4.69) is 5.32 Å². The summed E-state index contributed by atoms with van der Waals surface area (Å²) in [5.74, 6) is -0.0281. The fraction of sp³-hybridized carbons (Fsp3) is 0.409. The van der Waals surface area contributed by atoms with E-state index in [1.54, 1.807) is 6.92 Å². The van der Waals surface area contributed by atoms with Crippen molar-refractivity contribution in [2.24, 2.45) is 0 Å². The molecule has 6 nitrogen and oxygen atoms in total. The SMILES string of the molecule is CCOc1ccccc1CCCNC(=O)[C@H](CC)N(c1ccc(F)cc1)S(C)(=O)=O. The predicted molar refractivity (Wildman–Crippen MR) is 117 cm³/mol. The Morgan fingerprint density at radius 3 is 2.40 bits per heavy atom. The summed E-state index contributed by atoms with van der Waals surface area (Å²) in [4.78, 5) is 12.8. The summed E-state index contributed by atoms with van der Waals surface area (Å²) in [5.41, 5.74) is 1.32. The van der Waals surface area contributed by atoms with Gasteiger partial charge in [-0.2, -0.15) is 0 Å². The molecule has 0 fully saturated rings. The first-order valence-corrected chi connectivity index (χ1v) is 11.9. The Bertz CT molecular complexity index is 932. The van der Waals surface area contributed by atoms with Gasteiger partial charge in [-0.25, -0.2) is 12.8 Å². The maximum absolute atomic E-state index is 13.3. The van der Waals surface area contributed by atoms with Crippen molar-refractivity contribution in [2.45, 2.75) is 39.2 Å². The number of ether oxygens (including phenoxy) is 1. The van der Waals surface area contributed by atoms with Gasteiger partial charge in [0.05, 0.1) is 18.6 Å². The van der Waals surface area contributed by atoms with Gasteiger partial charge >= 0.3 is 0 Å². The Morgan fingerprint density at radius 2 is 1.80 bits per heavy atom. The zero-order valence-electron chi connectivity index (χ0n) is 17.6. The van der Waals surface area contributed by atoms with Crippen LogP contribution in [0.2, 0.25) is 0 Å². The minimum absolute atomic E-state index is 0.256. The number of carbonyl (C=O) groups excluding carboxylic acids is 1. The smallest absolute Gasteiger partial charge is 0.243 e. The van der Waals surface area contributed by atoms with Crippen molar-refractivity contribution in [2.75, 3.05) is 23.7 Å². The van der Waals surface area contributed by atoms with Crippen LogP contribution in [-0.4, -0.2) is 39.8 Å². The summed E-state index contributed by atoms with van der Waals surface area (Å²) in [5, 5.41) is 2.83. The van der Waals surface area contributed by atoms with Gasteiger partial charge in [-0.3, -0.25) is 9.10 Å². The van der Waals surface area contributed by atoms with Crippen molar-refractivity contribution >= 4 is 21.6 Å². The van der Waals surface area contributed by atoms with Crippen LogP contribution in [0.15, 0.2) is 48.5 Å². The maximum Gasteiger partial charge on any atom is 0.243 e. The number of hydrogen-bond donors (Lipinski definition) is 1. The number of anilines is 1. The highest BCUT2D eigenvalue weighted by molar-refractivity contribution is 7.92. The Morgan fingerprint density at radius 1 is 1.13 bits per heavy atom. The monoisotopic (exact) mass is 436 g/mol. The number of rotatable bonds is 11. The second kappa shape index (κ2) is 11.0. The van der Waals surface area contributed by atoms with E-state index < -0.39 is 21.9 Å². The molecule has 30 heavy (non-hydrogen) atoms. The molecule has 0 aliphatic heterocycles. The largest absolute Gasteiger partial charge is 0.494 e. The van der Waals surface area contributed by atoms with Gasteiger partial charge in [-0.05, 0) is 62.1 Å². The number of amides is 1. The number of nitrogens with one attached hydrogen (secondary N) is 1. The minimum Gasteiger partial charge on any atom is -0.494 e. The van der Waals surface area contributed by atoms with Crippen molar-refractivity contribution in [3.8, 4) is 5.75 Å². The van der Waals surface area contributed by atoms with Crippen LogP contribution in [-0.2, 0) is 21.2 Å². The van der Waals surface area contributed by atoms with E-state index in [1.165, 1.54) is 24.3 Å². The number of carbonyl (C=O) groups is 1. The van der Waals surface area contributed by atoms with Gasteiger partial charge in [0.2, 0.25) is 15.9 Å². The molecule has 1 N–H and O–H groups in total. The molecule has 2 aromatic carbocycles. The lowest BCUT2D eigenvalue weighted by Gasteiger charge is -2.30. The van der Waals surface area contributed by atoms with E-state index in [1.807, 2.05) is 31.2 Å². The maximum atomic E-state index is 13.3. The van der Waals surface area contributed by atoms with Crippen LogP contribution in [0.5, 0.6) is 5.75 Å². The van der Waals surface area contributed by atoms with E-state index >= 15 is 0 Å². The molecule has 0 aromatic heterocycles. The molecule has 2 rings (SSSR count). The summed E-state index contributed by atoms with van der Waals surface area (Å²) in [6, 6.07) is 11.9. The first-order valence-electron chi connectivity index (χ1n) is 10.0. The fourth-order valence-corrected chi connectivity index (χ4v) is 4.47. The van der Waals surface area contributed by atoms with Crippen LogP contribution in [0.4, 0.5) is 10.1 Å². The van der Waals surface area contributed by atoms with Gasteiger partial charge in [0.1, 0.15) is 17.6 Å². The van der Waals surface area contributed by atoms with Crippen molar-refractivity contribution < 1.29 is 22.3 Å². The number of halogens is 1. The molecular weight excluding hydrogens is 407 g/mol. The standard InChI is InChI=1S/C22H29FN2O4S/c1-4-20(25(30(3,27)28)19-14-12-18(23)13-15-19)22(26)24-16-8-10-17-9-6-7-11-21(17)29-5-2/h6-7,9,11-15,20H,4-5,8,10,16H2,1-3H3,(H,24,26)/t20-/m0/s1. The number of aryl methyl sites for hydroxylation is 1. The molecule has 0 saturated heterocycles. The first-order chi connectivity index (χ1) is 14.3. The number of benzene rings is 2. The van der Waals surface area contributed by atoms with Gasteiger partial charge in [-0.1, -0.05) is 25.1 Å². The second-order valence-electron chi connectivity index (χ2n) is 6.89.